The van der Waals surface area contributed by atoms with Crippen molar-refractivity contribution >= 4 is 11.8 Å². The van der Waals surface area contributed by atoms with Crippen molar-refractivity contribution in [2.24, 2.45) is 5.92 Å². The first-order chi connectivity index (χ1) is 13.0. The van der Waals surface area contributed by atoms with Crippen LogP contribution in [-0.2, 0) is 9.59 Å². The zero-order valence-electron chi connectivity index (χ0n) is 18.4. The van der Waals surface area contributed by atoms with Gasteiger partial charge >= 0.3 is 0 Å². The molecule has 2 amide bonds. The average molecular weight is 383 g/mol. The number of piperidine rings is 1. The molecule has 2 aliphatic rings. The molecule has 158 valence electrons. The van der Waals surface area contributed by atoms with Crippen LogP contribution in [0.15, 0.2) is 0 Å². The highest BCUT2D eigenvalue weighted by atomic mass is 16.2. The molecule has 0 aromatic heterocycles. The van der Waals surface area contributed by atoms with Gasteiger partial charge in [0.15, 0.2) is 0 Å². The van der Waals surface area contributed by atoms with Gasteiger partial charge in [0.1, 0.15) is 0 Å². The molecule has 0 bridgehead atoms. The summed E-state index contributed by atoms with van der Waals surface area (Å²) < 4.78 is 0. The minimum Gasteiger partial charge on any atom is -0.346 e. The smallest absolute Gasteiger partial charge is 0.222 e. The molecule has 0 atom stereocenters. The molecule has 0 saturated carbocycles. The van der Waals surface area contributed by atoms with E-state index in [2.05, 4.69) is 16.8 Å². The van der Waals surface area contributed by atoms with Crippen LogP contribution in [0.25, 0.3) is 0 Å². The molecule has 0 aliphatic carbocycles. The second-order valence-corrected chi connectivity index (χ2v) is 7.83. The van der Waals surface area contributed by atoms with Crippen LogP contribution in [0, 0.1) is 5.92 Å². The monoisotopic (exact) mass is 382 g/mol. The Labute approximate surface area is 166 Å². The Kier molecular flexibility index (Phi) is 11.6. The molecule has 0 radical (unpaired) electrons. The summed E-state index contributed by atoms with van der Waals surface area (Å²) in [6.07, 6.45) is 5.00. The number of carbonyl (C=O) groups is 2. The Hall–Kier alpha value is -1.14. The summed E-state index contributed by atoms with van der Waals surface area (Å²) in [7, 11) is 4.02. The van der Waals surface area contributed by atoms with Gasteiger partial charge in [-0.05, 0) is 51.7 Å². The van der Waals surface area contributed by atoms with Crippen molar-refractivity contribution < 1.29 is 9.59 Å². The number of hydrogen-bond acceptors (Lipinski definition) is 4. The Bertz CT molecular complexity index is 428. The molecule has 6 nitrogen and oxygen atoms in total. The molecule has 6 heteroatoms. The maximum atomic E-state index is 12.3. The van der Waals surface area contributed by atoms with E-state index >= 15 is 0 Å². The fraction of sp³-hybridized carbons (Fsp3) is 0.905. The molecular weight excluding hydrogens is 340 g/mol. The predicted octanol–water partition coefficient (Wildman–Crippen LogP) is 2.15. The van der Waals surface area contributed by atoms with Gasteiger partial charge in [0, 0.05) is 59.7 Å². The number of carbonyl (C=O) groups excluding carboxylic acids is 2. The first kappa shape index (κ1) is 23.9. The summed E-state index contributed by atoms with van der Waals surface area (Å²) in [6, 6.07) is 0. The highest BCUT2D eigenvalue weighted by molar-refractivity contribution is 5.76. The number of hydrogen-bond donors (Lipinski definition) is 0. The lowest BCUT2D eigenvalue weighted by Crippen LogP contribution is -2.50. The van der Waals surface area contributed by atoms with Gasteiger partial charge in [-0.3, -0.25) is 14.5 Å². The average Bonchev–Trinajstić information content (AvgIpc) is 2.68. The van der Waals surface area contributed by atoms with Crippen molar-refractivity contribution in [3.05, 3.63) is 0 Å². The Morgan fingerprint density at radius 1 is 0.963 bits per heavy atom. The van der Waals surface area contributed by atoms with Crippen LogP contribution in [0.5, 0.6) is 0 Å². The van der Waals surface area contributed by atoms with E-state index in [9.17, 15) is 9.59 Å². The second-order valence-electron chi connectivity index (χ2n) is 7.83. The standard InChI is InChI=1S/C19H36N4O2.C2H6/c1-17(24)21(3)9-5-4-6-19(25)23-14-12-22(13-15-23)16-18-7-10-20(2)11-8-18;1-2/h18H,4-16H2,1-3H3;1-2H3. The third-order valence-corrected chi connectivity index (χ3v) is 5.75. The first-order valence-corrected chi connectivity index (χ1v) is 10.9. The van der Waals surface area contributed by atoms with Crippen LogP contribution < -0.4 is 0 Å². The number of piperazine rings is 1. The molecule has 0 N–H and O–H groups in total. The lowest BCUT2D eigenvalue weighted by atomic mass is 9.96. The Morgan fingerprint density at radius 2 is 1.56 bits per heavy atom. The number of rotatable bonds is 7. The fourth-order valence-corrected chi connectivity index (χ4v) is 3.73. The minimum absolute atomic E-state index is 0.0899. The van der Waals surface area contributed by atoms with Crippen molar-refractivity contribution in [2.75, 3.05) is 66.5 Å². The van der Waals surface area contributed by atoms with E-state index in [0.29, 0.717) is 6.42 Å². The summed E-state index contributed by atoms with van der Waals surface area (Å²) in [6.45, 7) is 13.8. The van der Waals surface area contributed by atoms with E-state index in [4.69, 9.17) is 0 Å². The largest absolute Gasteiger partial charge is 0.346 e. The molecule has 2 aliphatic heterocycles. The third kappa shape index (κ3) is 9.06. The van der Waals surface area contributed by atoms with Gasteiger partial charge in [-0.15, -0.1) is 0 Å². The molecule has 0 aromatic carbocycles. The third-order valence-electron chi connectivity index (χ3n) is 5.75. The highest BCUT2D eigenvalue weighted by Crippen LogP contribution is 2.18. The van der Waals surface area contributed by atoms with Crippen LogP contribution in [-0.4, -0.2) is 97.9 Å². The SMILES string of the molecule is CC.CC(=O)N(C)CCCCC(=O)N1CCN(CC2CCN(C)CC2)CC1. The van der Waals surface area contributed by atoms with Crippen molar-refractivity contribution in [2.45, 2.75) is 52.9 Å². The maximum Gasteiger partial charge on any atom is 0.222 e. The number of unbranched alkanes of at least 4 members (excludes halogenated alkanes) is 1. The summed E-state index contributed by atoms with van der Waals surface area (Å²) in [5.41, 5.74) is 0. The number of likely N-dealkylation sites (tertiary alicyclic amines) is 1. The molecule has 27 heavy (non-hydrogen) atoms. The molecule has 2 rings (SSSR count). The van der Waals surface area contributed by atoms with Crippen molar-refractivity contribution in [3.8, 4) is 0 Å². The minimum atomic E-state index is 0.0899. The quantitative estimate of drug-likeness (QED) is 0.633. The molecular formula is C21H42N4O2. The molecule has 2 saturated heterocycles. The predicted molar refractivity (Wildman–Crippen MR) is 112 cm³/mol. The normalized spacial score (nSPS) is 19.4. The van der Waals surface area contributed by atoms with Crippen LogP contribution in [0.1, 0.15) is 52.9 Å². The second kappa shape index (κ2) is 13.1. The van der Waals surface area contributed by atoms with E-state index in [1.165, 1.54) is 32.5 Å². The van der Waals surface area contributed by atoms with Crippen LogP contribution in [0.4, 0.5) is 0 Å². The van der Waals surface area contributed by atoms with Crippen molar-refractivity contribution in [3.63, 3.8) is 0 Å². The topological polar surface area (TPSA) is 47.1 Å². The lowest BCUT2D eigenvalue weighted by molar-refractivity contribution is -0.133. The summed E-state index contributed by atoms with van der Waals surface area (Å²) in [4.78, 5) is 32.2. The van der Waals surface area contributed by atoms with Crippen molar-refractivity contribution in [1.82, 2.24) is 19.6 Å². The molecule has 2 fully saturated rings. The van der Waals surface area contributed by atoms with E-state index in [0.717, 1.165) is 51.5 Å². The summed E-state index contributed by atoms with van der Waals surface area (Å²) >= 11 is 0. The lowest BCUT2D eigenvalue weighted by Gasteiger charge is -2.38. The molecule has 0 unspecified atom stereocenters. The Morgan fingerprint density at radius 3 is 2.11 bits per heavy atom. The van der Waals surface area contributed by atoms with Gasteiger partial charge in [-0.25, -0.2) is 0 Å². The summed E-state index contributed by atoms with van der Waals surface area (Å²) in [5.74, 6) is 1.20. The van der Waals surface area contributed by atoms with Gasteiger partial charge in [0.25, 0.3) is 0 Å². The van der Waals surface area contributed by atoms with Gasteiger partial charge in [-0.1, -0.05) is 13.8 Å². The van der Waals surface area contributed by atoms with Crippen LogP contribution in [0.3, 0.4) is 0 Å². The van der Waals surface area contributed by atoms with Gasteiger partial charge in [0.2, 0.25) is 11.8 Å². The van der Waals surface area contributed by atoms with Crippen LogP contribution in [0.2, 0.25) is 0 Å². The van der Waals surface area contributed by atoms with Gasteiger partial charge < -0.3 is 14.7 Å². The fourth-order valence-electron chi connectivity index (χ4n) is 3.73. The maximum absolute atomic E-state index is 12.3. The Balaban J connectivity index is 0.00000176. The molecule has 0 aromatic rings. The van der Waals surface area contributed by atoms with E-state index in [1.807, 2.05) is 25.8 Å². The zero-order valence-corrected chi connectivity index (χ0v) is 18.4. The van der Waals surface area contributed by atoms with Crippen LogP contribution >= 0.6 is 0 Å². The molecule has 0 spiro atoms. The van der Waals surface area contributed by atoms with Gasteiger partial charge in [-0.2, -0.15) is 0 Å². The van der Waals surface area contributed by atoms with E-state index in [-0.39, 0.29) is 11.8 Å². The number of amides is 2. The van der Waals surface area contributed by atoms with Gasteiger partial charge in [0.05, 0.1) is 0 Å². The summed E-state index contributed by atoms with van der Waals surface area (Å²) in [5, 5.41) is 0. The number of nitrogens with zero attached hydrogens (tertiary/aromatic N) is 4. The zero-order chi connectivity index (χ0) is 20.2. The van der Waals surface area contributed by atoms with E-state index < -0.39 is 0 Å². The molecule has 2 heterocycles. The first-order valence-electron chi connectivity index (χ1n) is 10.9. The van der Waals surface area contributed by atoms with E-state index in [1.54, 1.807) is 11.8 Å². The highest BCUT2D eigenvalue weighted by Gasteiger charge is 2.24. The van der Waals surface area contributed by atoms with Crippen molar-refractivity contribution in [1.29, 1.82) is 0 Å².